The van der Waals surface area contributed by atoms with E-state index < -0.39 is 24.0 Å². The summed E-state index contributed by atoms with van der Waals surface area (Å²) in [6, 6.07) is 2.59. The van der Waals surface area contributed by atoms with Gasteiger partial charge in [0.15, 0.2) is 6.10 Å². The van der Waals surface area contributed by atoms with Gasteiger partial charge in [-0.25, -0.2) is 4.79 Å². The van der Waals surface area contributed by atoms with Crippen LogP contribution in [0.25, 0.3) is 11.0 Å². The number of carbonyl (C=O) groups is 2. The molecule has 1 aliphatic rings. The zero-order valence-electron chi connectivity index (χ0n) is 14.9. The minimum atomic E-state index is -1.12. The number of hydrogen-bond donors (Lipinski definition) is 2. The molecule has 0 aliphatic heterocycles. The van der Waals surface area contributed by atoms with E-state index in [1.807, 2.05) is 6.07 Å². The van der Waals surface area contributed by atoms with Crippen LogP contribution >= 0.6 is 0 Å². The molecule has 0 saturated carbocycles. The minimum Gasteiger partial charge on any atom is -0.480 e. The van der Waals surface area contributed by atoms with Crippen LogP contribution < -0.4 is 15.7 Å². The molecule has 1 amide bonds. The van der Waals surface area contributed by atoms with Crippen molar-refractivity contribution in [1.29, 1.82) is 0 Å². The fourth-order valence-electron chi connectivity index (χ4n) is 3.23. The summed E-state index contributed by atoms with van der Waals surface area (Å²) in [5, 5.41) is 12.1. The molecule has 0 saturated heterocycles. The predicted octanol–water partition coefficient (Wildman–Crippen LogP) is 1.95. The maximum atomic E-state index is 12.2. The molecule has 0 fully saturated rings. The van der Waals surface area contributed by atoms with Crippen molar-refractivity contribution < 1.29 is 23.8 Å². The second-order valence-corrected chi connectivity index (χ2v) is 6.59. The lowest BCUT2D eigenvalue weighted by Crippen LogP contribution is -2.44. The molecule has 3 rings (SSSR count). The second kappa shape index (κ2) is 6.82. The van der Waals surface area contributed by atoms with Crippen LogP contribution in [0.4, 0.5) is 0 Å². The van der Waals surface area contributed by atoms with Crippen molar-refractivity contribution in [3.63, 3.8) is 0 Å². The van der Waals surface area contributed by atoms with Gasteiger partial charge in [0.2, 0.25) is 0 Å². The highest BCUT2D eigenvalue weighted by molar-refractivity contribution is 5.88. The molecule has 7 heteroatoms. The lowest BCUT2D eigenvalue weighted by molar-refractivity contribution is -0.142. The lowest BCUT2D eigenvalue weighted by Gasteiger charge is -2.18. The Kier molecular flexibility index (Phi) is 4.71. The summed E-state index contributed by atoms with van der Waals surface area (Å²) in [5.74, 6) is -1.23. The summed E-state index contributed by atoms with van der Waals surface area (Å²) in [5.41, 5.74) is 2.58. The number of aryl methyl sites for hydroxylation is 2. The summed E-state index contributed by atoms with van der Waals surface area (Å²) in [4.78, 5) is 35.1. The molecule has 1 aromatic carbocycles. The maximum Gasteiger partial charge on any atom is 0.339 e. The molecule has 0 bridgehead atoms. The van der Waals surface area contributed by atoms with E-state index >= 15 is 0 Å². The third-order valence-corrected chi connectivity index (χ3v) is 4.74. The molecule has 1 heterocycles. The Balaban J connectivity index is 1.89. The van der Waals surface area contributed by atoms with E-state index in [4.69, 9.17) is 14.3 Å². The van der Waals surface area contributed by atoms with Crippen molar-refractivity contribution in [2.75, 3.05) is 0 Å². The van der Waals surface area contributed by atoms with Crippen LogP contribution in [-0.4, -0.2) is 29.1 Å². The first-order valence-electron chi connectivity index (χ1n) is 8.57. The van der Waals surface area contributed by atoms with E-state index in [1.54, 1.807) is 13.0 Å². The smallest absolute Gasteiger partial charge is 0.339 e. The van der Waals surface area contributed by atoms with Crippen LogP contribution in [-0.2, 0) is 22.4 Å². The number of ether oxygens (including phenoxy) is 1. The van der Waals surface area contributed by atoms with Crippen molar-refractivity contribution >= 4 is 22.8 Å². The van der Waals surface area contributed by atoms with Crippen molar-refractivity contribution in [3.8, 4) is 5.75 Å². The van der Waals surface area contributed by atoms with E-state index in [9.17, 15) is 14.4 Å². The molecule has 2 aromatic rings. The van der Waals surface area contributed by atoms with Gasteiger partial charge in [-0.1, -0.05) is 0 Å². The van der Waals surface area contributed by atoms with Gasteiger partial charge >= 0.3 is 11.6 Å². The van der Waals surface area contributed by atoms with Crippen LogP contribution in [0.15, 0.2) is 21.3 Å². The van der Waals surface area contributed by atoms with Gasteiger partial charge < -0.3 is 19.6 Å². The van der Waals surface area contributed by atoms with Gasteiger partial charge in [-0.15, -0.1) is 0 Å². The Morgan fingerprint density at radius 2 is 1.92 bits per heavy atom. The molecular formula is C19H21NO6. The van der Waals surface area contributed by atoms with Gasteiger partial charge in [-0.2, -0.15) is 0 Å². The number of hydrogen-bond acceptors (Lipinski definition) is 5. The highest BCUT2D eigenvalue weighted by Gasteiger charge is 2.24. The van der Waals surface area contributed by atoms with Crippen molar-refractivity contribution in [2.45, 2.75) is 52.2 Å². The summed E-state index contributed by atoms with van der Waals surface area (Å²) in [6.45, 7) is 4.68. The first-order valence-corrected chi connectivity index (χ1v) is 8.57. The average Bonchev–Trinajstić information content (AvgIpc) is 3.08. The number of carboxylic acid groups (broad SMARTS) is 1. The zero-order chi connectivity index (χ0) is 19.0. The third kappa shape index (κ3) is 3.16. The van der Waals surface area contributed by atoms with Gasteiger partial charge in [0.1, 0.15) is 17.4 Å². The molecule has 1 aromatic heterocycles. The van der Waals surface area contributed by atoms with E-state index in [0.717, 1.165) is 35.8 Å². The van der Waals surface area contributed by atoms with Crippen LogP contribution in [0.1, 0.15) is 37.0 Å². The number of aliphatic carboxylic acids is 1. The van der Waals surface area contributed by atoms with E-state index in [2.05, 4.69) is 5.32 Å². The Labute approximate surface area is 150 Å². The lowest BCUT2D eigenvalue weighted by atomic mass is 10.0. The molecule has 26 heavy (non-hydrogen) atoms. The minimum absolute atomic E-state index is 0.314. The highest BCUT2D eigenvalue weighted by atomic mass is 16.5. The molecule has 2 N–H and O–H groups in total. The summed E-state index contributed by atoms with van der Waals surface area (Å²) in [6.07, 6.45) is 1.64. The summed E-state index contributed by atoms with van der Waals surface area (Å²) < 4.78 is 11.2. The van der Waals surface area contributed by atoms with E-state index in [1.165, 1.54) is 13.8 Å². The van der Waals surface area contributed by atoms with Crippen LogP contribution in [0, 0.1) is 6.92 Å². The third-order valence-electron chi connectivity index (χ3n) is 4.74. The predicted molar refractivity (Wildman–Crippen MR) is 94.6 cm³/mol. The number of amides is 1. The summed E-state index contributed by atoms with van der Waals surface area (Å²) in [7, 11) is 0. The molecule has 1 aliphatic carbocycles. The van der Waals surface area contributed by atoms with Gasteiger partial charge in [0, 0.05) is 16.5 Å². The number of fused-ring (bicyclic) bond motifs is 3. The number of carbonyl (C=O) groups excluding carboxylic acids is 1. The average molecular weight is 359 g/mol. The van der Waals surface area contributed by atoms with Crippen LogP contribution in [0.2, 0.25) is 0 Å². The van der Waals surface area contributed by atoms with Crippen LogP contribution in [0.3, 0.4) is 0 Å². The van der Waals surface area contributed by atoms with Crippen molar-refractivity contribution in [1.82, 2.24) is 5.32 Å². The molecule has 0 unspecified atom stereocenters. The Bertz CT molecular complexity index is 945. The Morgan fingerprint density at radius 3 is 2.62 bits per heavy atom. The molecule has 138 valence electrons. The van der Waals surface area contributed by atoms with Gasteiger partial charge in [0.05, 0.1) is 0 Å². The fraction of sp³-hybridized carbons (Fsp3) is 0.421. The van der Waals surface area contributed by atoms with Gasteiger partial charge in [-0.05, 0) is 57.7 Å². The summed E-state index contributed by atoms with van der Waals surface area (Å²) >= 11 is 0. The number of rotatable bonds is 5. The number of nitrogens with one attached hydrogen (secondary N) is 1. The fourth-order valence-corrected chi connectivity index (χ4v) is 3.23. The molecule has 7 nitrogen and oxygen atoms in total. The maximum absolute atomic E-state index is 12.2. The topological polar surface area (TPSA) is 106 Å². The zero-order valence-corrected chi connectivity index (χ0v) is 14.9. The van der Waals surface area contributed by atoms with E-state index in [0.29, 0.717) is 16.9 Å². The SMILES string of the molecule is Cc1c(O[C@@H](C)C(=O)N[C@@H](C)C(=O)O)ccc2c3c(c(=O)oc12)CCC3. The first kappa shape index (κ1) is 18.0. The largest absolute Gasteiger partial charge is 0.480 e. The standard InChI is InChI=1S/C19H21NO6/c1-9-15(25-11(3)17(21)20-10(2)18(22)23)8-7-13-12-5-4-6-14(12)19(24)26-16(9)13/h7-8,10-11H,4-6H2,1-3H3,(H,20,21)(H,22,23)/t10-,11-/m0/s1. The molecular weight excluding hydrogens is 338 g/mol. The van der Waals surface area contributed by atoms with Crippen molar-refractivity contribution in [3.05, 3.63) is 39.2 Å². The van der Waals surface area contributed by atoms with Gasteiger partial charge in [-0.3, -0.25) is 9.59 Å². The quantitative estimate of drug-likeness (QED) is 0.791. The Morgan fingerprint density at radius 1 is 1.23 bits per heavy atom. The molecule has 2 atom stereocenters. The normalized spacial score (nSPS) is 15.3. The highest BCUT2D eigenvalue weighted by Crippen LogP contribution is 2.33. The Hall–Kier alpha value is -2.83. The number of benzene rings is 1. The van der Waals surface area contributed by atoms with Crippen LogP contribution in [0.5, 0.6) is 5.75 Å². The second-order valence-electron chi connectivity index (χ2n) is 6.59. The number of carboxylic acids is 1. The molecule has 0 radical (unpaired) electrons. The van der Waals surface area contributed by atoms with Gasteiger partial charge in [0.25, 0.3) is 5.91 Å². The molecule has 0 spiro atoms. The first-order chi connectivity index (χ1) is 12.3. The monoisotopic (exact) mass is 359 g/mol. The van der Waals surface area contributed by atoms with Crippen molar-refractivity contribution in [2.24, 2.45) is 0 Å². The van der Waals surface area contributed by atoms with E-state index in [-0.39, 0.29) is 5.63 Å².